The molecule has 1 N–H and O–H groups in total. The molecule has 0 spiro atoms. The number of aromatic nitrogens is 1. The van der Waals surface area contributed by atoms with Crippen LogP contribution in [0.15, 0.2) is 12.1 Å². The van der Waals surface area contributed by atoms with Crippen LogP contribution >= 0.6 is 22.6 Å². The smallest absolute Gasteiger partial charge is 0.227 e. The average Bonchev–Trinajstić information content (AvgIpc) is 2.24. The van der Waals surface area contributed by atoms with E-state index in [1.165, 1.54) is 0 Å². The number of pyridine rings is 1. The van der Waals surface area contributed by atoms with Gasteiger partial charge in [-0.05, 0) is 48.6 Å². The van der Waals surface area contributed by atoms with Crippen LogP contribution in [0.2, 0.25) is 0 Å². The number of nitrogens with zero attached hydrogens (tertiary/aromatic N) is 1. The number of nitrogens with one attached hydrogen (secondary N) is 1. The molecule has 1 rings (SSSR count). The third-order valence-corrected chi connectivity index (χ3v) is 3.11. The minimum absolute atomic E-state index is 0.0680. The van der Waals surface area contributed by atoms with Gasteiger partial charge in [0.25, 0.3) is 0 Å². The SMILES string of the molecule is CCOCCC(=O)Nc1ccc(I)c(C)n1. The van der Waals surface area contributed by atoms with E-state index < -0.39 is 0 Å². The van der Waals surface area contributed by atoms with Crippen molar-refractivity contribution in [2.75, 3.05) is 18.5 Å². The first-order valence-corrected chi connectivity index (χ1v) is 6.22. The number of ether oxygens (including phenoxy) is 1. The Morgan fingerprint density at radius 2 is 2.31 bits per heavy atom. The summed E-state index contributed by atoms with van der Waals surface area (Å²) in [6.45, 7) is 4.90. The number of rotatable bonds is 5. The van der Waals surface area contributed by atoms with Crippen molar-refractivity contribution in [1.82, 2.24) is 4.98 Å². The van der Waals surface area contributed by atoms with Gasteiger partial charge < -0.3 is 10.1 Å². The second kappa shape index (κ2) is 6.80. The lowest BCUT2D eigenvalue weighted by molar-refractivity contribution is -0.117. The minimum Gasteiger partial charge on any atom is -0.381 e. The molecule has 0 aliphatic heterocycles. The van der Waals surface area contributed by atoms with Crippen LogP contribution in [-0.2, 0) is 9.53 Å². The third-order valence-electron chi connectivity index (χ3n) is 1.97. The molecular weight excluding hydrogens is 319 g/mol. The fraction of sp³-hybridized carbons (Fsp3) is 0.455. The molecule has 88 valence electrons. The summed E-state index contributed by atoms with van der Waals surface area (Å²) in [5.41, 5.74) is 0.920. The highest BCUT2D eigenvalue weighted by molar-refractivity contribution is 14.1. The summed E-state index contributed by atoms with van der Waals surface area (Å²) in [4.78, 5) is 15.7. The topological polar surface area (TPSA) is 51.2 Å². The second-order valence-electron chi connectivity index (χ2n) is 3.26. The van der Waals surface area contributed by atoms with Crippen LogP contribution in [0.1, 0.15) is 19.0 Å². The van der Waals surface area contributed by atoms with Crippen LogP contribution in [0, 0.1) is 10.5 Å². The average molecular weight is 334 g/mol. The monoisotopic (exact) mass is 334 g/mol. The van der Waals surface area contributed by atoms with E-state index in [1.807, 2.05) is 19.9 Å². The van der Waals surface area contributed by atoms with Gasteiger partial charge in [0.05, 0.1) is 18.7 Å². The van der Waals surface area contributed by atoms with Crippen molar-refractivity contribution in [1.29, 1.82) is 0 Å². The number of hydrogen-bond donors (Lipinski definition) is 1. The molecule has 1 heterocycles. The zero-order valence-corrected chi connectivity index (χ0v) is 11.6. The van der Waals surface area contributed by atoms with Crippen molar-refractivity contribution in [3.05, 3.63) is 21.4 Å². The van der Waals surface area contributed by atoms with Crippen LogP contribution in [0.25, 0.3) is 0 Å². The van der Waals surface area contributed by atoms with E-state index in [2.05, 4.69) is 32.9 Å². The number of amides is 1. The van der Waals surface area contributed by atoms with Gasteiger partial charge in [-0.1, -0.05) is 0 Å². The van der Waals surface area contributed by atoms with Crippen molar-refractivity contribution < 1.29 is 9.53 Å². The first-order valence-electron chi connectivity index (χ1n) is 5.14. The summed E-state index contributed by atoms with van der Waals surface area (Å²) in [5.74, 6) is 0.529. The molecule has 0 fully saturated rings. The Balaban J connectivity index is 2.46. The molecule has 1 aromatic rings. The molecule has 0 radical (unpaired) electrons. The number of anilines is 1. The largest absolute Gasteiger partial charge is 0.381 e. The van der Waals surface area contributed by atoms with Gasteiger partial charge >= 0.3 is 0 Å². The first kappa shape index (κ1) is 13.4. The molecule has 0 aromatic carbocycles. The molecule has 16 heavy (non-hydrogen) atoms. The van der Waals surface area contributed by atoms with Gasteiger partial charge in [-0.2, -0.15) is 0 Å². The van der Waals surface area contributed by atoms with Crippen molar-refractivity contribution in [2.45, 2.75) is 20.3 Å². The van der Waals surface area contributed by atoms with Gasteiger partial charge in [-0.15, -0.1) is 0 Å². The van der Waals surface area contributed by atoms with Gasteiger partial charge in [-0.3, -0.25) is 4.79 Å². The van der Waals surface area contributed by atoms with E-state index in [-0.39, 0.29) is 5.91 Å². The first-order chi connectivity index (χ1) is 7.63. The molecule has 0 unspecified atom stereocenters. The summed E-state index contributed by atoms with van der Waals surface area (Å²) >= 11 is 2.21. The molecule has 1 aromatic heterocycles. The molecule has 0 aliphatic rings. The van der Waals surface area contributed by atoms with Gasteiger partial charge in [0.2, 0.25) is 5.91 Å². The van der Waals surface area contributed by atoms with E-state index in [9.17, 15) is 4.79 Å². The van der Waals surface area contributed by atoms with Crippen molar-refractivity contribution in [3.8, 4) is 0 Å². The third kappa shape index (κ3) is 4.44. The predicted octanol–water partition coefficient (Wildman–Crippen LogP) is 2.36. The van der Waals surface area contributed by atoms with Crippen LogP contribution in [0.5, 0.6) is 0 Å². The number of hydrogen-bond acceptors (Lipinski definition) is 3. The minimum atomic E-state index is -0.0680. The van der Waals surface area contributed by atoms with Crippen LogP contribution in [0.3, 0.4) is 0 Å². The maximum absolute atomic E-state index is 11.5. The predicted molar refractivity (Wildman–Crippen MR) is 71.4 cm³/mol. The van der Waals surface area contributed by atoms with Crippen molar-refractivity contribution in [3.63, 3.8) is 0 Å². The fourth-order valence-corrected chi connectivity index (χ4v) is 1.43. The lowest BCUT2D eigenvalue weighted by Gasteiger charge is -2.06. The fourth-order valence-electron chi connectivity index (χ4n) is 1.13. The quantitative estimate of drug-likeness (QED) is 0.664. The van der Waals surface area contributed by atoms with E-state index in [0.717, 1.165) is 9.26 Å². The highest BCUT2D eigenvalue weighted by Crippen LogP contribution is 2.12. The van der Waals surface area contributed by atoms with E-state index in [4.69, 9.17) is 4.74 Å². The summed E-state index contributed by atoms with van der Waals surface area (Å²) in [5, 5.41) is 2.74. The Morgan fingerprint density at radius 3 is 2.94 bits per heavy atom. The molecule has 0 saturated carbocycles. The van der Waals surface area contributed by atoms with E-state index >= 15 is 0 Å². The summed E-state index contributed by atoms with van der Waals surface area (Å²) in [7, 11) is 0. The van der Waals surface area contributed by atoms with Crippen molar-refractivity contribution in [2.24, 2.45) is 0 Å². The van der Waals surface area contributed by atoms with Gasteiger partial charge in [0, 0.05) is 10.2 Å². The van der Waals surface area contributed by atoms with Crippen LogP contribution in [-0.4, -0.2) is 24.1 Å². The summed E-state index contributed by atoms with van der Waals surface area (Å²) in [6, 6.07) is 3.73. The molecule has 0 atom stereocenters. The Morgan fingerprint density at radius 1 is 1.56 bits per heavy atom. The Hall–Kier alpha value is -0.690. The highest BCUT2D eigenvalue weighted by atomic mass is 127. The maximum atomic E-state index is 11.5. The molecule has 0 bridgehead atoms. The van der Waals surface area contributed by atoms with E-state index in [1.54, 1.807) is 6.07 Å². The van der Waals surface area contributed by atoms with Crippen molar-refractivity contribution >= 4 is 34.3 Å². The number of carbonyl (C=O) groups excluding carboxylic acids is 1. The lowest BCUT2D eigenvalue weighted by Crippen LogP contribution is -2.15. The molecular formula is C11H15IN2O2. The van der Waals surface area contributed by atoms with Crippen LogP contribution < -0.4 is 5.32 Å². The number of halogens is 1. The normalized spacial score (nSPS) is 10.2. The molecule has 1 amide bonds. The molecule has 0 aliphatic carbocycles. The summed E-state index contributed by atoms with van der Waals surface area (Å²) in [6.07, 6.45) is 0.362. The molecule has 0 saturated heterocycles. The Labute approximate surface area is 109 Å². The van der Waals surface area contributed by atoms with Gasteiger partial charge in [0.1, 0.15) is 5.82 Å². The lowest BCUT2D eigenvalue weighted by atomic mass is 10.3. The molecule has 5 heteroatoms. The Kier molecular flexibility index (Phi) is 5.68. The molecule has 4 nitrogen and oxygen atoms in total. The maximum Gasteiger partial charge on any atom is 0.227 e. The van der Waals surface area contributed by atoms with Gasteiger partial charge in [-0.25, -0.2) is 4.98 Å². The van der Waals surface area contributed by atoms with E-state index in [0.29, 0.717) is 25.5 Å². The number of carbonyl (C=O) groups is 1. The van der Waals surface area contributed by atoms with Crippen LogP contribution in [0.4, 0.5) is 5.82 Å². The highest BCUT2D eigenvalue weighted by Gasteiger charge is 2.04. The summed E-state index contributed by atoms with van der Waals surface area (Å²) < 4.78 is 6.19. The number of aryl methyl sites for hydroxylation is 1. The zero-order valence-electron chi connectivity index (χ0n) is 9.42. The standard InChI is InChI=1S/C11H15IN2O2/c1-3-16-7-6-11(15)14-10-5-4-9(12)8(2)13-10/h4-5H,3,6-7H2,1-2H3,(H,13,14,15). The van der Waals surface area contributed by atoms with Gasteiger partial charge in [0.15, 0.2) is 0 Å². The second-order valence-corrected chi connectivity index (χ2v) is 4.42. The Bertz CT molecular complexity index is 369. The zero-order chi connectivity index (χ0) is 12.0.